The molecule has 4 heteroatoms. The van der Waals surface area contributed by atoms with Gasteiger partial charge < -0.3 is 4.74 Å². The van der Waals surface area contributed by atoms with Crippen molar-refractivity contribution in [2.24, 2.45) is 5.92 Å². The third kappa shape index (κ3) is 2.44. The maximum atomic E-state index is 11.1. The molecule has 82 valence electrons. The van der Waals surface area contributed by atoms with Gasteiger partial charge in [0, 0.05) is 18.9 Å². The minimum atomic E-state index is 0.0311. The lowest BCUT2D eigenvalue weighted by molar-refractivity contribution is 0.0461. The quantitative estimate of drug-likeness (QED) is 0.723. The molecule has 1 aliphatic rings. The first-order chi connectivity index (χ1) is 7.22. The molecule has 0 aromatic carbocycles. The van der Waals surface area contributed by atoms with Crippen molar-refractivity contribution in [3.05, 3.63) is 16.1 Å². The van der Waals surface area contributed by atoms with Crippen molar-refractivity contribution in [2.45, 2.75) is 32.8 Å². The summed E-state index contributed by atoms with van der Waals surface area (Å²) in [6, 6.07) is 0. The highest BCUT2D eigenvalue weighted by atomic mass is 32.1. The Bertz CT molecular complexity index is 357. The molecule has 0 N–H and O–H groups in total. The predicted octanol–water partition coefficient (Wildman–Crippen LogP) is 2.83. The van der Waals surface area contributed by atoms with Crippen LogP contribution < -0.4 is 0 Å². The topological polar surface area (TPSA) is 39.2 Å². The number of ether oxygens (including phenoxy) is 1. The number of nitrogens with zero attached hydrogens (tertiary/aromatic N) is 1. The summed E-state index contributed by atoms with van der Waals surface area (Å²) in [6.45, 7) is 4.25. The van der Waals surface area contributed by atoms with Gasteiger partial charge in [0.25, 0.3) is 0 Å². The molecule has 1 aromatic rings. The van der Waals surface area contributed by atoms with E-state index in [0.29, 0.717) is 18.2 Å². The Morgan fingerprint density at radius 2 is 2.47 bits per heavy atom. The van der Waals surface area contributed by atoms with Crippen LogP contribution in [0.25, 0.3) is 0 Å². The van der Waals surface area contributed by atoms with Gasteiger partial charge in [-0.1, -0.05) is 0 Å². The minimum absolute atomic E-state index is 0.0311. The van der Waals surface area contributed by atoms with Gasteiger partial charge in [0.05, 0.1) is 0 Å². The Labute approximate surface area is 93.5 Å². The smallest absolute Gasteiger partial charge is 0.178 e. The Morgan fingerprint density at radius 3 is 2.93 bits per heavy atom. The molecule has 1 unspecified atom stereocenters. The lowest BCUT2D eigenvalue weighted by Crippen LogP contribution is -2.06. The molecular weight excluding hydrogens is 210 g/mol. The molecule has 2 rings (SSSR count). The van der Waals surface area contributed by atoms with E-state index in [1.165, 1.54) is 24.2 Å². The number of rotatable bonds is 5. The molecule has 1 saturated carbocycles. The van der Waals surface area contributed by atoms with E-state index in [0.717, 1.165) is 5.01 Å². The third-order valence-electron chi connectivity index (χ3n) is 2.52. The predicted molar refractivity (Wildman–Crippen MR) is 59.2 cm³/mol. The van der Waals surface area contributed by atoms with Gasteiger partial charge in [-0.2, -0.15) is 0 Å². The van der Waals surface area contributed by atoms with Crippen molar-refractivity contribution in [3.63, 3.8) is 0 Å². The summed E-state index contributed by atoms with van der Waals surface area (Å²) < 4.78 is 5.68. The number of hydrogen-bond acceptors (Lipinski definition) is 4. The molecule has 0 saturated heterocycles. The van der Waals surface area contributed by atoms with E-state index in [1.54, 1.807) is 6.92 Å². The largest absolute Gasteiger partial charge is 0.371 e. The van der Waals surface area contributed by atoms with Crippen LogP contribution in [-0.2, 0) is 4.74 Å². The van der Waals surface area contributed by atoms with Crippen LogP contribution in [0.1, 0.15) is 48.3 Å². The van der Waals surface area contributed by atoms with Crippen LogP contribution in [0.2, 0.25) is 0 Å². The molecule has 0 aliphatic heterocycles. The van der Waals surface area contributed by atoms with Crippen LogP contribution in [0, 0.1) is 5.92 Å². The highest BCUT2D eigenvalue weighted by Crippen LogP contribution is 2.44. The number of carbonyl (C=O) groups excluding carboxylic acids is 1. The summed E-state index contributed by atoms with van der Waals surface area (Å²) in [5.41, 5.74) is 0.570. The maximum absolute atomic E-state index is 11.1. The molecule has 1 aliphatic carbocycles. The second-order valence-electron chi connectivity index (χ2n) is 3.84. The van der Waals surface area contributed by atoms with E-state index >= 15 is 0 Å². The number of hydrogen-bond donors (Lipinski definition) is 0. The summed E-state index contributed by atoms with van der Waals surface area (Å²) in [6.07, 6.45) is 2.56. The van der Waals surface area contributed by atoms with Gasteiger partial charge in [-0.25, -0.2) is 4.98 Å². The lowest BCUT2D eigenvalue weighted by atomic mass is 10.2. The van der Waals surface area contributed by atoms with Gasteiger partial charge in [-0.15, -0.1) is 11.3 Å². The summed E-state index contributed by atoms with van der Waals surface area (Å²) in [5, 5.41) is 2.79. The van der Waals surface area contributed by atoms with Crippen molar-refractivity contribution < 1.29 is 9.53 Å². The second kappa shape index (κ2) is 4.41. The number of thiazole rings is 1. The van der Waals surface area contributed by atoms with Crippen LogP contribution in [-0.4, -0.2) is 17.4 Å². The molecule has 1 atom stereocenters. The Morgan fingerprint density at radius 1 is 1.73 bits per heavy atom. The molecule has 15 heavy (non-hydrogen) atoms. The monoisotopic (exact) mass is 225 g/mol. The normalized spacial score (nSPS) is 17.7. The van der Waals surface area contributed by atoms with Crippen LogP contribution in [0.15, 0.2) is 5.38 Å². The van der Waals surface area contributed by atoms with Gasteiger partial charge in [0.15, 0.2) is 5.78 Å². The average Bonchev–Trinajstić information content (AvgIpc) is 2.91. The minimum Gasteiger partial charge on any atom is -0.371 e. The van der Waals surface area contributed by atoms with E-state index in [2.05, 4.69) is 4.98 Å². The summed E-state index contributed by atoms with van der Waals surface area (Å²) in [7, 11) is 0. The maximum Gasteiger partial charge on any atom is 0.178 e. The van der Waals surface area contributed by atoms with Crippen LogP contribution in [0.4, 0.5) is 0 Å². The van der Waals surface area contributed by atoms with E-state index in [1.807, 2.05) is 12.3 Å². The molecular formula is C11H15NO2S. The Kier molecular flexibility index (Phi) is 3.17. The van der Waals surface area contributed by atoms with Crippen LogP contribution in [0.5, 0.6) is 0 Å². The van der Waals surface area contributed by atoms with Crippen molar-refractivity contribution in [3.8, 4) is 0 Å². The molecule has 0 radical (unpaired) electrons. The highest BCUT2D eigenvalue weighted by molar-refractivity contribution is 7.09. The molecule has 1 heterocycles. The fraction of sp³-hybridized carbons (Fsp3) is 0.636. The summed E-state index contributed by atoms with van der Waals surface area (Å²) in [4.78, 5) is 15.5. The SMILES string of the molecule is CCOC(c1nc(C(C)=O)cs1)C1CC1. The van der Waals surface area contributed by atoms with Gasteiger partial charge in [-0.3, -0.25) is 4.79 Å². The first-order valence-electron chi connectivity index (χ1n) is 5.30. The third-order valence-corrected chi connectivity index (χ3v) is 3.43. The van der Waals surface area contributed by atoms with Crippen molar-refractivity contribution in [1.82, 2.24) is 4.98 Å². The number of carbonyl (C=O) groups is 1. The summed E-state index contributed by atoms with van der Waals surface area (Å²) in [5.74, 6) is 0.652. The van der Waals surface area contributed by atoms with Gasteiger partial charge in [0.2, 0.25) is 0 Å². The number of ketones is 1. The van der Waals surface area contributed by atoms with Crippen LogP contribution in [0.3, 0.4) is 0 Å². The van der Waals surface area contributed by atoms with E-state index in [-0.39, 0.29) is 11.9 Å². The van der Waals surface area contributed by atoms with E-state index < -0.39 is 0 Å². The Balaban J connectivity index is 2.14. The second-order valence-corrected chi connectivity index (χ2v) is 4.73. The van der Waals surface area contributed by atoms with Crippen molar-refractivity contribution in [1.29, 1.82) is 0 Å². The van der Waals surface area contributed by atoms with Crippen LogP contribution >= 0.6 is 11.3 Å². The fourth-order valence-electron chi connectivity index (χ4n) is 1.57. The average molecular weight is 225 g/mol. The first-order valence-corrected chi connectivity index (χ1v) is 6.18. The summed E-state index contributed by atoms with van der Waals surface area (Å²) >= 11 is 1.54. The zero-order chi connectivity index (χ0) is 10.8. The van der Waals surface area contributed by atoms with Crippen molar-refractivity contribution in [2.75, 3.05) is 6.61 Å². The first kappa shape index (κ1) is 10.8. The highest BCUT2D eigenvalue weighted by Gasteiger charge is 2.34. The zero-order valence-electron chi connectivity index (χ0n) is 9.03. The number of Topliss-reactive ketones (excluding diaryl/α,β-unsaturated/α-hetero) is 1. The standard InChI is InChI=1S/C11H15NO2S/c1-3-14-10(8-4-5-8)11-12-9(6-15-11)7(2)13/h6,8,10H,3-5H2,1-2H3. The molecule has 1 fully saturated rings. The molecule has 0 amide bonds. The molecule has 0 spiro atoms. The van der Waals surface area contributed by atoms with Gasteiger partial charge in [-0.05, 0) is 25.7 Å². The van der Waals surface area contributed by atoms with Gasteiger partial charge in [0.1, 0.15) is 16.8 Å². The lowest BCUT2D eigenvalue weighted by Gasteiger charge is -2.12. The Hall–Kier alpha value is -0.740. The molecule has 1 aromatic heterocycles. The van der Waals surface area contributed by atoms with E-state index in [9.17, 15) is 4.79 Å². The van der Waals surface area contributed by atoms with Crippen molar-refractivity contribution >= 4 is 17.1 Å². The fourth-order valence-corrected chi connectivity index (χ4v) is 2.56. The number of aromatic nitrogens is 1. The van der Waals surface area contributed by atoms with E-state index in [4.69, 9.17) is 4.74 Å². The zero-order valence-corrected chi connectivity index (χ0v) is 9.84. The van der Waals surface area contributed by atoms with Gasteiger partial charge >= 0.3 is 0 Å². The molecule has 3 nitrogen and oxygen atoms in total. The molecule has 0 bridgehead atoms.